The maximum absolute atomic E-state index is 12.2. The highest BCUT2D eigenvalue weighted by atomic mass is 16.5. The maximum atomic E-state index is 12.2. The molecule has 2 aliphatic carbocycles. The van der Waals surface area contributed by atoms with Crippen molar-refractivity contribution in [3.63, 3.8) is 0 Å². The summed E-state index contributed by atoms with van der Waals surface area (Å²) in [5.74, 6) is 0.863. The Balaban J connectivity index is 1.48. The second kappa shape index (κ2) is 6.25. The molecular weight excluding hydrogens is 312 g/mol. The summed E-state index contributed by atoms with van der Waals surface area (Å²) in [5.41, 5.74) is 2.14. The first-order chi connectivity index (χ1) is 12.3. The molecule has 4 heteroatoms. The van der Waals surface area contributed by atoms with Crippen molar-refractivity contribution in [3.05, 3.63) is 65.7 Å². The number of rotatable bonds is 4. The van der Waals surface area contributed by atoms with Crippen molar-refractivity contribution in [3.8, 4) is 6.07 Å². The van der Waals surface area contributed by atoms with E-state index in [2.05, 4.69) is 11.4 Å². The number of anilines is 1. The molecule has 2 aliphatic rings. The number of nitrogens with one attached hydrogen (secondary N) is 1. The van der Waals surface area contributed by atoms with Gasteiger partial charge in [0.25, 0.3) is 0 Å². The van der Waals surface area contributed by atoms with Gasteiger partial charge in [-0.15, -0.1) is 0 Å². The SMILES string of the molecule is N#C[C@]1(c2ccccc2NC(=O)OCc2ccccc2)C2CCC[C@@H]21. The van der Waals surface area contributed by atoms with E-state index in [1.54, 1.807) is 0 Å². The Morgan fingerprint density at radius 3 is 2.52 bits per heavy atom. The highest BCUT2D eigenvalue weighted by molar-refractivity contribution is 5.86. The van der Waals surface area contributed by atoms with E-state index in [1.807, 2.05) is 54.6 Å². The molecule has 2 aromatic carbocycles. The topological polar surface area (TPSA) is 62.1 Å². The van der Waals surface area contributed by atoms with Crippen molar-refractivity contribution in [1.82, 2.24) is 0 Å². The molecule has 1 amide bonds. The highest BCUT2D eigenvalue weighted by Gasteiger charge is 2.68. The quantitative estimate of drug-likeness (QED) is 0.888. The summed E-state index contributed by atoms with van der Waals surface area (Å²) >= 11 is 0. The second-order valence-corrected chi connectivity index (χ2v) is 6.86. The number of amides is 1. The van der Waals surface area contributed by atoms with Crippen molar-refractivity contribution in [2.45, 2.75) is 31.3 Å². The zero-order chi connectivity index (χ0) is 17.3. The van der Waals surface area contributed by atoms with Crippen molar-refractivity contribution in [1.29, 1.82) is 5.26 Å². The molecular formula is C21H20N2O2. The molecule has 2 fully saturated rings. The standard InChI is InChI=1S/C21H20N2O2/c22-14-21(16-10-6-11-17(16)21)18-9-4-5-12-19(18)23-20(24)25-13-15-7-2-1-3-8-15/h1-5,7-9,12,16-17H,6,10-11,13H2,(H,23,24)/t16-,17?,21+/m0/s1. The fraction of sp³-hybridized carbons (Fsp3) is 0.333. The van der Waals surface area contributed by atoms with Gasteiger partial charge in [-0.05, 0) is 41.9 Å². The first-order valence-electron chi connectivity index (χ1n) is 8.74. The lowest BCUT2D eigenvalue weighted by molar-refractivity contribution is 0.155. The molecule has 2 aromatic rings. The van der Waals surface area contributed by atoms with Crippen LogP contribution in [0.4, 0.5) is 10.5 Å². The van der Waals surface area contributed by atoms with Crippen LogP contribution in [0.15, 0.2) is 54.6 Å². The molecule has 0 radical (unpaired) electrons. The predicted octanol–water partition coefficient (Wildman–Crippen LogP) is 4.63. The Labute approximate surface area is 147 Å². The minimum absolute atomic E-state index is 0.226. The third-order valence-electron chi connectivity index (χ3n) is 5.58. The maximum Gasteiger partial charge on any atom is 0.411 e. The lowest BCUT2D eigenvalue weighted by Gasteiger charge is -2.18. The van der Waals surface area contributed by atoms with E-state index < -0.39 is 11.5 Å². The average molecular weight is 332 g/mol. The van der Waals surface area contributed by atoms with Gasteiger partial charge < -0.3 is 4.74 Å². The normalized spacial score (nSPS) is 26.4. The van der Waals surface area contributed by atoms with Crippen molar-refractivity contribution >= 4 is 11.8 Å². The van der Waals surface area contributed by atoms with Crippen LogP contribution in [0.5, 0.6) is 0 Å². The summed E-state index contributed by atoms with van der Waals surface area (Å²) in [7, 11) is 0. The average Bonchev–Trinajstić information content (AvgIpc) is 3.00. The Bertz CT molecular complexity index is 815. The molecule has 0 spiro atoms. The molecule has 0 bridgehead atoms. The number of ether oxygens (including phenoxy) is 1. The predicted molar refractivity (Wildman–Crippen MR) is 94.8 cm³/mol. The van der Waals surface area contributed by atoms with Gasteiger partial charge in [0.2, 0.25) is 0 Å². The number of hydrogen-bond donors (Lipinski definition) is 1. The summed E-state index contributed by atoms with van der Waals surface area (Å²) in [6.07, 6.45) is 2.92. The monoisotopic (exact) mass is 332 g/mol. The molecule has 3 atom stereocenters. The van der Waals surface area contributed by atoms with Crippen LogP contribution in [0.25, 0.3) is 0 Å². The van der Waals surface area contributed by atoms with Crippen LogP contribution in [0.1, 0.15) is 30.4 Å². The van der Waals surface area contributed by atoms with E-state index in [1.165, 1.54) is 6.42 Å². The lowest BCUT2D eigenvalue weighted by Crippen LogP contribution is -2.19. The first-order valence-corrected chi connectivity index (χ1v) is 8.74. The third-order valence-corrected chi connectivity index (χ3v) is 5.58. The van der Waals surface area contributed by atoms with Gasteiger partial charge in [-0.3, -0.25) is 5.32 Å². The van der Waals surface area contributed by atoms with E-state index in [0.29, 0.717) is 17.5 Å². The number of benzene rings is 2. The number of hydrogen-bond acceptors (Lipinski definition) is 3. The smallest absolute Gasteiger partial charge is 0.411 e. The zero-order valence-electron chi connectivity index (χ0n) is 13.9. The van der Waals surface area contributed by atoms with Crippen LogP contribution in [-0.2, 0) is 16.8 Å². The summed E-state index contributed by atoms with van der Waals surface area (Å²) < 4.78 is 5.31. The van der Waals surface area contributed by atoms with E-state index in [0.717, 1.165) is 24.0 Å². The van der Waals surface area contributed by atoms with Crippen molar-refractivity contribution < 1.29 is 9.53 Å². The van der Waals surface area contributed by atoms with Crippen LogP contribution in [-0.4, -0.2) is 6.09 Å². The molecule has 0 heterocycles. The van der Waals surface area contributed by atoms with Gasteiger partial charge in [0.15, 0.2) is 0 Å². The molecule has 0 aromatic heterocycles. The van der Waals surface area contributed by atoms with Gasteiger partial charge in [0.05, 0.1) is 11.5 Å². The number of nitriles is 1. The lowest BCUT2D eigenvalue weighted by atomic mass is 9.87. The van der Waals surface area contributed by atoms with Gasteiger partial charge in [0, 0.05) is 5.69 Å². The number of carbonyl (C=O) groups is 1. The number of nitrogens with zero attached hydrogens (tertiary/aromatic N) is 1. The van der Waals surface area contributed by atoms with Gasteiger partial charge >= 0.3 is 6.09 Å². The number of fused-ring (bicyclic) bond motifs is 1. The Hall–Kier alpha value is -2.80. The van der Waals surface area contributed by atoms with E-state index >= 15 is 0 Å². The summed E-state index contributed by atoms with van der Waals surface area (Å²) in [5, 5.41) is 12.7. The first kappa shape index (κ1) is 15.7. The van der Waals surface area contributed by atoms with Crippen molar-refractivity contribution in [2.24, 2.45) is 11.8 Å². The fourth-order valence-electron chi connectivity index (χ4n) is 4.40. The largest absolute Gasteiger partial charge is 0.444 e. The third kappa shape index (κ3) is 2.66. The number of carbonyl (C=O) groups excluding carboxylic acids is 1. The van der Waals surface area contributed by atoms with Gasteiger partial charge in [-0.2, -0.15) is 5.26 Å². The fourth-order valence-corrected chi connectivity index (χ4v) is 4.40. The molecule has 1 unspecified atom stereocenters. The Kier molecular flexibility index (Phi) is 3.93. The zero-order valence-corrected chi connectivity index (χ0v) is 13.9. The van der Waals surface area contributed by atoms with E-state index in [4.69, 9.17) is 4.74 Å². The van der Waals surface area contributed by atoms with Crippen LogP contribution >= 0.6 is 0 Å². The minimum Gasteiger partial charge on any atom is -0.444 e. The summed E-state index contributed by atoms with van der Waals surface area (Å²) in [6.45, 7) is 0.226. The van der Waals surface area contributed by atoms with E-state index in [-0.39, 0.29) is 6.61 Å². The molecule has 4 rings (SSSR count). The Morgan fingerprint density at radius 1 is 1.12 bits per heavy atom. The number of para-hydroxylation sites is 1. The van der Waals surface area contributed by atoms with Crippen molar-refractivity contribution in [2.75, 3.05) is 5.32 Å². The molecule has 25 heavy (non-hydrogen) atoms. The van der Waals surface area contributed by atoms with Crippen LogP contribution < -0.4 is 5.32 Å². The molecule has 4 nitrogen and oxygen atoms in total. The minimum atomic E-state index is -0.491. The Morgan fingerprint density at radius 2 is 1.80 bits per heavy atom. The van der Waals surface area contributed by atoms with Crippen LogP contribution in [0.3, 0.4) is 0 Å². The summed E-state index contributed by atoms with van der Waals surface area (Å²) in [4.78, 5) is 12.2. The molecule has 0 saturated heterocycles. The molecule has 0 aliphatic heterocycles. The van der Waals surface area contributed by atoms with E-state index in [9.17, 15) is 10.1 Å². The molecule has 1 N–H and O–H groups in total. The van der Waals surface area contributed by atoms with Crippen LogP contribution in [0, 0.1) is 23.2 Å². The highest BCUT2D eigenvalue weighted by Crippen LogP contribution is 2.68. The van der Waals surface area contributed by atoms with Crippen LogP contribution in [0.2, 0.25) is 0 Å². The summed E-state index contributed by atoms with van der Waals surface area (Å²) in [6, 6.07) is 19.8. The second-order valence-electron chi connectivity index (χ2n) is 6.86. The van der Waals surface area contributed by atoms with Gasteiger partial charge in [-0.25, -0.2) is 4.79 Å². The van der Waals surface area contributed by atoms with Gasteiger partial charge in [-0.1, -0.05) is 55.0 Å². The molecule has 2 saturated carbocycles. The molecule has 126 valence electrons. The van der Waals surface area contributed by atoms with Gasteiger partial charge in [0.1, 0.15) is 6.61 Å².